The fourth-order valence-corrected chi connectivity index (χ4v) is 5.90. The Kier molecular flexibility index (Phi) is 9.05. The van der Waals surface area contributed by atoms with Gasteiger partial charge in [0.1, 0.15) is 18.2 Å². The summed E-state index contributed by atoms with van der Waals surface area (Å²) in [6.45, 7) is -1.25. The van der Waals surface area contributed by atoms with Crippen LogP contribution < -0.4 is 10.9 Å². The molecule has 2 heterocycles. The van der Waals surface area contributed by atoms with Gasteiger partial charge in [-0.3, -0.25) is 23.7 Å². The Morgan fingerprint density at radius 2 is 1.80 bits per heavy atom. The summed E-state index contributed by atoms with van der Waals surface area (Å²) in [7, 11) is -17.2. The van der Waals surface area contributed by atoms with Crippen LogP contribution >= 0.6 is 35.7 Å². The molecule has 1 saturated heterocycles. The highest BCUT2D eigenvalue weighted by Crippen LogP contribution is 2.66. The number of phosphoric acid groups is 3. The molecule has 0 spiro atoms. The number of aliphatic hydroxyl groups excluding tert-OH is 1. The van der Waals surface area contributed by atoms with Gasteiger partial charge in [0, 0.05) is 12.3 Å². The fraction of sp³-hybridized carbons (Fsp3) is 0.545. The molecule has 1 fully saturated rings. The van der Waals surface area contributed by atoms with Crippen LogP contribution in [-0.4, -0.2) is 71.2 Å². The number of carbonyl (C=O) groups is 1. The van der Waals surface area contributed by atoms with Gasteiger partial charge in [-0.15, -0.1) is 0 Å². The Balaban J connectivity index is 2.25. The van der Waals surface area contributed by atoms with Crippen LogP contribution in [0.1, 0.15) is 6.23 Å². The number of carbonyl (C=O) groups excluding carboxylic acids is 1. The van der Waals surface area contributed by atoms with Crippen molar-refractivity contribution < 1.29 is 74.2 Å². The first kappa shape index (κ1) is 29.9. The molecule has 1 aromatic rings. The maximum atomic E-state index is 12.7. The summed E-state index contributed by atoms with van der Waals surface area (Å²) in [6, 6.07) is -1.07. The molecule has 17 nitrogen and oxygen atoms in total. The van der Waals surface area contributed by atoms with E-state index in [1.807, 2.05) is 0 Å². The predicted octanol–water partition coefficient (Wildman–Crippen LogP) is -0.445. The van der Waals surface area contributed by atoms with Crippen LogP contribution in [0.3, 0.4) is 0 Å². The third-order valence-electron chi connectivity index (χ3n) is 3.87. The van der Waals surface area contributed by atoms with Gasteiger partial charge in [-0.05, 0) is 12.2 Å². The Morgan fingerprint density at radius 1 is 1.20 bits per heavy atom. The van der Waals surface area contributed by atoms with Gasteiger partial charge in [0.05, 0.1) is 6.61 Å². The molecular weight excluding hydrogens is 580 g/mol. The third kappa shape index (κ3) is 8.64. The van der Waals surface area contributed by atoms with E-state index in [4.69, 9.17) is 31.6 Å². The highest BCUT2D eigenvalue weighted by Gasteiger charge is 2.50. The van der Waals surface area contributed by atoms with E-state index >= 15 is 0 Å². The van der Waals surface area contributed by atoms with Crippen molar-refractivity contribution in [3.05, 3.63) is 27.4 Å². The molecule has 200 valence electrons. The number of aliphatic hydroxyl groups is 1. The first-order valence-electron chi connectivity index (χ1n) is 8.52. The minimum Gasteiger partial charge on any atom is -0.388 e. The van der Waals surface area contributed by atoms with E-state index in [1.165, 1.54) is 5.32 Å². The van der Waals surface area contributed by atoms with Crippen LogP contribution in [0.5, 0.6) is 0 Å². The number of rotatable bonds is 9. The van der Waals surface area contributed by atoms with E-state index in [0.717, 1.165) is 16.8 Å². The number of amides is 1. The zero-order chi connectivity index (χ0) is 27.0. The fourth-order valence-electron chi connectivity index (χ4n) is 2.61. The van der Waals surface area contributed by atoms with Gasteiger partial charge in [-0.2, -0.15) is 21.8 Å². The van der Waals surface area contributed by atoms with Gasteiger partial charge in [0.15, 0.2) is 11.0 Å². The number of nitrogens with one attached hydrogen (secondary N) is 2. The number of ether oxygens (including phenoxy) is 1. The van der Waals surface area contributed by atoms with Gasteiger partial charge in [0.25, 0.3) is 5.56 Å². The molecule has 7 N–H and O–H groups in total. The van der Waals surface area contributed by atoms with Crippen LogP contribution in [0.25, 0.3) is 0 Å². The second kappa shape index (κ2) is 10.6. The van der Waals surface area contributed by atoms with Crippen LogP contribution in [0, 0.1) is 4.77 Å². The van der Waals surface area contributed by atoms with Gasteiger partial charge < -0.3 is 34.7 Å². The Morgan fingerprint density at radius 3 is 2.31 bits per heavy atom. The van der Waals surface area contributed by atoms with Crippen LogP contribution in [-0.2, 0) is 36.4 Å². The first-order valence-corrected chi connectivity index (χ1v) is 13.4. The number of aromatic nitrogens is 2. The van der Waals surface area contributed by atoms with Crippen molar-refractivity contribution in [2.45, 2.75) is 30.7 Å². The normalized spacial score (nSPS) is 26.6. The Bertz CT molecular complexity index is 1220. The highest BCUT2D eigenvalue weighted by molar-refractivity contribution is 7.71. The maximum Gasteiger partial charge on any atom is 0.490 e. The molecule has 0 aliphatic carbocycles. The summed E-state index contributed by atoms with van der Waals surface area (Å²) in [5, 5.41) is 11.8. The summed E-state index contributed by atoms with van der Waals surface area (Å²) in [6.07, 6.45) is -10.1. The van der Waals surface area contributed by atoms with Crippen molar-refractivity contribution in [1.29, 1.82) is 0 Å². The summed E-state index contributed by atoms with van der Waals surface area (Å²) < 4.78 is 88.9. The van der Waals surface area contributed by atoms with Gasteiger partial charge in [0.2, 0.25) is 0 Å². The Labute approximate surface area is 195 Å². The molecular formula is C11H15F3N3O14P3S. The van der Waals surface area contributed by atoms with Crippen molar-refractivity contribution >= 4 is 41.6 Å². The van der Waals surface area contributed by atoms with E-state index < -0.39 is 77.0 Å². The molecule has 6 atom stereocenters. The lowest BCUT2D eigenvalue weighted by atomic mass is 10.1. The topological polar surface area (TPSA) is 256 Å². The molecule has 2 unspecified atom stereocenters. The van der Waals surface area contributed by atoms with Crippen molar-refractivity contribution in [3.8, 4) is 0 Å². The highest BCUT2D eigenvalue weighted by atomic mass is 32.1. The molecule has 35 heavy (non-hydrogen) atoms. The van der Waals surface area contributed by atoms with E-state index in [1.54, 1.807) is 0 Å². The standard InChI is InChI=1S/C11H15F3N3O14P3S/c12-11(13,14)9(20)16-6-7(19)4(29-8(6)17-2-1-5(18)15-10(17)35)3-28-33(24,25)31-34(26,27)30-32(21,22)23/h1-2,4,6-8,19H,3H2,(H,16,20)(H,24,25)(H,26,27)(H,15,18,35)(H2,21,22,23)/t4-,6-,7-,8-/m1/s1. The SMILES string of the molecule is O=C(N[C@@H]1[C@H](O)[C@@H](COP(=O)(O)OP(=O)(O)OP(=O)(O)O)O[C@H]1n1ccc(=O)[nH]c1=S)C(F)(F)F. The third-order valence-corrected chi connectivity index (χ3v) is 7.98. The molecule has 2 rings (SSSR count). The molecule has 1 aromatic heterocycles. The minimum absolute atomic E-state index is 0.422. The zero-order valence-corrected chi connectivity index (χ0v) is 19.9. The van der Waals surface area contributed by atoms with E-state index in [0.29, 0.717) is 0 Å². The summed E-state index contributed by atoms with van der Waals surface area (Å²) >= 11 is 4.86. The van der Waals surface area contributed by atoms with Crippen molar-refractivity contribution in [2.24, 2.45) is 0 Å². The monoisotopic (exact) mass is 595 g/mol. The summed E-state index contributed by atoms with van der Waals surface area (Å²) in [5.41, 5.74) is -0.718. The number of hydrogen-bond acceptors (Lipinski definition) is 11. The molecule has 0 aromatic carbocycles. The summed E-state index contributed by atoms with van der Waals surface area (Å²) in [5.74, 6) is -2.51. The number of aromatic amines is 1. The molecule has 1 amide bonds. The number of alkyl halides is 3. The van der Waals surface area contributed by atoms with E-state index in [-0.39, 0.29) is 0 Å². The second-order valence-electron chi connectivity index (χ2n) is 6.46. The quantitative estimate of drug-likeness (QED) is 0.141. The maximum absolute atomic E-state index is 12.7. The van der Waals surface area contributed by atoms with Gasteiger partial charge in [-0.25, -0.2) is 13.7 Å². The number of hydrogen-bond donors (Lipinski definition) is 7. The number of H-pyrrole nitrogens is 1. The molecule has 0 bridgehead atoms. The minimum atomic E-state index is -5.87. The average molecular weight is 595 g/mol. The zero-order valence-electron chi connectivity index (χ0n) is 16.4. The largest absolute Gasteiger partial charge is 0.490 e. The average Bonchev–Trinajstić information content (AvgIpc) is 2.92. The van der Waals surface area contributed by atoms with Crippen molar-refractivity contribution in [3.63, 3.8) is 0 Å². The number of phosphoric ester groups is 1. The molecule has 0 radical (unpaired) electrons. The predicted molar refractivity (Wildman–Crippen MR) is 104 cm³/mol. The smallest absolute Gasteiger partial charge is 0.388 e. The lowest BCUT2D eigenvalue weighted by molar-refractivity contribution is -0.175. The Hall–Kier alpha value is -1.31. The molecule has 24 heteroatoms. The summed E-state index contributed by atoms with van der Waals surface area (Å²) in [4.78, 5) is 60.5. The van der Waals surface area contributed by atoms with Crippen LogP contribution in [0.15, 0.2) is 17.1 Å². The number of halogens is 3. The van der Waals surface area contributed by atoms with Crippen molar-refractivity contribution in [2.75, 3.05) is 6.61 Å². The van der Waals surface area contributed by atoms with E-state index in [9.17, 15) is 46.5 Å². The molecule has 0 saturated carbocycles. The van der Waals surface area contributed by atoms with Crippen LogP contribution in [0.2, 0.25) is 0 Å². The first-order chi connectivity index (χ1) is 15.7. The van der Waals surface area contributed by atoms with Crippen LogP contribution in [0.4, 0.5) is 13.2 Å². The molecule has 1 aliphatic heterocycles. The lowest BCUT2D eigenvalue weighted by Crippen LogP contribution is -2.51. The molecule has 1 aliphatic rings. The number of nitrogens with zero attached hydrogens (tertiary/aromatic N) is 1. The van der Waals surface area contributed by atoms with Gasteiger partial charge >= 0.3 is 35.6 Å². The lowest BCUT2D eigenvalue weighted by Gasteiger charge is -2.24. The van der Waals surface area contributed by atoms with Crippen molar-refractivity contribution in [1.82, 2.24) is 14.9 Å². The second-order valence-corrected chi connectivity index (χ2v) is 11.3. The van der Waals surface area contributed by atoms with Gasteiger partial charge in [-0.1, -0.05) is 0 Å². The van der Waals surface area contributed by atoms with E-state index in [2.05, 4.69) is 18.1 Å².